The van der Waals surface area contributed by atoms with Gasteiger partial charge in [-0.1, -0.05) is 146 Å². The molecule has 0 amide bonds. The number of rotatable bonds is 5. The van der Waals surface area contributed by atoms with Crippen LogP contribution in [-0.4, -0.2) is 15.0 Å². The summed E-state index contributed by atoms with van der Waals surface area (Å²) in [6.07, 6.45) is 0. The average Bonchev–Trinajstić information content (AvgIpc) is 3.23. The molecule has 5 heteroatoms. The summed E-state index contributed by atoms with van der Waals surface area (Å²) in [4.78, 5) is 22.2. The Morgan fingerprint density at radius 2 is 0.712 bits per heavy atom. The third-order valence-electron chi connectivity index (χ3n) is 9.49. The summed E-state index contributed by atoms with van der Waals surface area (Å²) in [6.45, 7) is 15.3. The second kappa shape index (κ2) is 12.8. The second-order valence-electron chi connectivity index (χ2n) is 12.6. The van der Waals surface area contributed by atoms with Crippen LogP contribution in [0.15, 0.2) is 164 Å². The summed E-state index contributed by atoms with van der Waals surface area (Å²) in [5.41, 5.74) is 7.68. The van der Waals surface area contributed by atoms with Gasteiger partial charge in [0.15, 0.2) is 28.8 Å². The van der Waals surface area contributed by atoms with Crippen molar-refractivity contribution in [1.29, 1.82) is 0 Å². The van der Waals surface area contributed by atoms with Gasteiger partial charge in [-0.15, -0.1) is 0 Å². The predicted octanol–water partition coefficient (Wildman–Crippen LogP) is 12.8. The van der Waals surface area contributed by atoms with Crippen molar-refractivity contribution in [2.75, 3.05) is 0 Å². The van der Waals surface area contributed by atoms with Gasteiger partial charge in [-0.05, 0) is 72.8 Å². The zero-order chi connectivity index (χ0) is 35.0. The Morgan fingerprint density at radius 1 is 0.308 bits per heavy atom. The molecule has 0 aliphatic heterocycles. The Hall–Kier alpha value is -7.47. The molecular formula is C47H27N5. The lowest BCUT2D eigenvalue weighted by Crippen LogP contribution is -2.00. The van der Waals surface area contributed by atoms with Crippen LogP contribution in [-0.2, 0) is 0 Å². The Balaban J connectivity index is 1.26. The third-order valence-corrected chi connectivity index (χ3v) is 9.49. The van der Waals surface area contributed by atoms with E-state index >= 15 is 0 Å². The lowest BCUT2D eigenvalue weighted by atomic mass is 9.87. The molecular weight excluding hydrogens is 635 g/mol. The van der Waals surface area contributed by atoms with E-state index in [0.717, 1.165) is 71.3 Å². The van der Waals surface area contributed by atoms with Gasteiger partial charge >= 0.3 is 0 Å². The van der Waals surface area contributed by atoms with E-state index in [1.807, 2.05) is 78.9 Å². The van der Waals surface area contributed by atoms with Crippen molar-refractivity contribution in [2.45, 2.75) is 0 Å². The van der Waals surface area contributed by atoms with Gasteiger partial charge in [0.05, 0.1) is 13.1 Å². The Bertz CT molecular complexity index is 2830. The van der Waals surface area contributed by atoms with Crippen LogP contribution in [0.25, 0.3) is 98.4 Å². The summed E-state index contributed by atoms with van der Waals surface area (Å²) in [6, 6.07) is 55.3. The second-order valence-corrected chi connectivity index (χ2v) is 12.6. The molecule has 1 aromatic heterocycles. The summed E-state index contributed by atoms with van der Waals surface area (Å²) < 4.78 is 0. The molecule has 0 radical (unpaired) electrons. The van der Waals surface area contributed by atoms with Crippen molar-refractivity contribution in [3.63, 3.8) is 0 Å². The van der Waals surface area contributed by atoms with Gasteiger partial charge in [0, 0.05) is 16.7 Å². The van der Waals surface area contributed by atoms with Crippen LogP contribution in [0.5, 0.6) is 0 Å². The normalized spacial score (nSPS) is 11.0. The summed E-state index contributed by atoms with van der Waals surface area (Å²) in [5, 5.41) is 6.65. The van der Waals surface area contributed by atoms with Crippen molar-refractivity contribution in [3.05, 3.63) is 187 Å². The minimum atomic E-state index is 0.456. The maximum atomic E-state index is 7.66. The van der Waals surface area contributed by atoms with Gasteiger partial charge < -0.3 is 0 Å². The molecule has 0 N–H and O–H groups in total. The van der Waals surface area contributed by atoms with Gasteiger partial charge in [-0.2, -0.15) is 0 Å². The first-order valence-corrected chi connectivity index (χ1v) is 16.9. The van der Waals surface area contributed by atoms with E-state index in [0.29, 0.717) is 28.8 Å². The lowest BCUT2D eigenvalue weighted by Gasteiger charge is -2.17. The summed E-state index contributed by atoms with van der Waals surface area (Å²) >= 11 is 0. The van der Waals surface area contributed by atoms with Crippen molar-refractivity contribution < 1.29 is 0 Å². The monoisotopic (exact) mass is 661 g/mol. The summed E-state index contributed by atoms with van der Waals surface area (Å²) in [5.74, 6) is 1.85. The zero-order valence-electron chi connectivity index (χ0n) is 27.8. The SMILES string of the molecule is [C-]#[N+]c1cc([N+]#[C-])cc(-c2cc3c4ccccc4c(-c4cccc(-c5nc(-c6ccccc6)nc(-c6ccccc6)n5)c4)cc3c3ccccc23)c1. The van der Waals surface area contributed by atoms with Crippen LogP contribution in [0.3, 0.4) is 0 Å². The number of nitrogens with zero attached hydrogens (tertiary/aromatic N) is 5. The van der Waals surface area contributed by atoms with Gasteiger partial charge in [-0.25, -0.2) is 24.6 Å². The number of hydrogen-bond donors (Lipinski definition) is 0. The molecule has 9 aromatic rings. The molecule has 0 atom stereocenters. The minimum absolute atomic E-state index is 0.456. The Kier molecular flexibility index (Phi) is 7.51. The first-order chi connectivity index (χ1) is 25.7. The number of benzene rings is 8. The highest BCUT2D eigenvalue weighted by atomic mass is 15.0. The molecule has 0 saturated heterocycles. The van der Waals surface area contributed by atoms with Gasteiger partial charge in [-0.3, -0.25) is 0 Å². The topological polar surface area (TPSA) is 47.4 Å². The maximum absolute atomic E-state index is 7.66. The smallest absolute Gasteiger partial charge is 0.177 e. The molecule has 1 heterocycles. The molecule has 52 heavy (non-hydrogen) atoms. The zero-order valence-corrected chi connectivity index (χ0v) is 27.8. The van der Waals surface area contributed by atoms with E-state index in [1.165, 1.54) is 0 Å². The standard InChI is InChI=1S/C47H27N5/c1-48-35-25-34(26-36(27-35)49-2)42-29-44-39-22-11-9-20-37(39)41(28-43(44)40-23-12-10-21-38(40)42)32-18-13-19-33(24-32)47-51-45(30-14-5-3-6-15-30)50-46(52-47)31-16-7-4-8-17-31/h3-29H. The first kappa shape index (κ1) is 30.6. The highest BCUT2D eigenvalue weighted by Gasteiger charge is 2.17. The quantitative estimate of drug-likeness (QED) is 0.136. The molecule has 5 nitrogen and oxygen atoms in total. The van der Waals surface area contributed by atoms with E-state index in [-0.39, 0.29) is 0 Å². The van der Waals surface area contributed by atoms with E-state index < -0.39 is 0 Å². The Labute approximate surface area is 300 Å². The predicted molar refractivity (Wildman–Crippen MR) is 212 cm³/mol. The van der Waals surface area contributed by atoms with Crippen molar-refractivity contribution in [1.82, 2.24) is 15.0 Å². The third kappa shape index (κ3) is 5.40. The van der Waals surface area contributed by atoms with Gasteiger partial charge in [0.25, 0.3) is 0 Å². The van der Waals surface area contributed by atoms with Crippen molar-refractivity contribution in [2.24, 2.45) is 0 Å². The fraction of sp³-hybridized carbons (Fsp3) is 0. The molecule has 0 aliphatic carbocycles. The molecule has 9 rings (SSSR count). The molecule has 240 valence electrons. The van der Waals surface area contributed by atoms with E-state index in [9.17, 15) is 0 Å². The van der Waals surface area contributed by atoms with E-state index in [4.69, 9.17) is 28.1 Å². The van der Waals surface area contributed by atoms with E-state index in [2.05, 4.69) is 88.6 Å². The fourth-order valence-corrected chi connectivity index (χ4v) is 7.07. The maximum Gasteiger partial charge on any atom is 0.177 e. The molecule has 0 unspecified atom stereocenters. The molecule has 0 bridgehead atoms. The highest BCUT2D eigenvalue weighted by molar-refractivity contribution is 6.24. The minimum Gasteiger partial charge on any atom is -0.239 e. The van der Waals surface area contributed by atoms with Crippen molar-refractivity contribution in [3.8, 4) is 56.4 Å². The largest absolute Gasteiger partial charge is 0.239 e. The molecule has 8 aromatic carbocycles. The highest BCUT2D eigenvalue weighted by Crippen LogP contribution is 2.43. The lowest BCUT2D eigenvalue weighted by molar-refractivity contribution is 1.07. The van der Waals surface area contributed by atoms with Crippen LogP contribution < -0.4 is 0 Å². The Morgan fingerprint density at radius 3 is 1.21 bits per heavy atom. The number of aromatic nitrogens is 3. The summed E-state index contributed by atoms with van der Waals surface area (Å²) in [7, 11) is 0. The molecule has 0 spiro atoms. The number of hydrogen-bond acceptors (Lipinski definition) is 3. The van der Waals surface area contributed by atoms with E-state index in [1.54, 1.807) is 6.07 Å². The van der Waals surface area contributed by atoms with Gasteiger partial charge in [0.1, 0.15) is 0 Å². The van der Waals surface area contributed by atoms with Crippen molar-refractivity contribution >= 4 is 43.7 Å². The molecule has 0 fully saturated rings. The molecule has 0 aliphatic rings. The van der Waals surface area contributed by atoms with Crippen LogP contribution >= 0.6 is 0 Å². The molecule has 0 saturated carbocycles. The first-order valence-electron chi connectivity index (χ1n) is 16.9. The van der Waals surface area contributed by atoms with Gasteiger partial charge in [0.2, 0.25) is 0 Å². The van der Waals surface area contributed by atoms with Crippen LogP contribution in [0, 0.1) is 13.1 Å². The fourth-order valence-electron chi connectivity index (χ4n) is 7.07. The number of fused-ring (bicyclic) bond motifs is 5. The van der Waals surface area contributed by atoms with Crippen LogP contribution in [0.4, 0.5) is 11.4 Å². The van der Waals surface area contributed by atoms with Crippen LogP contribution in [0.2, 0.25) is 0 Å². The van der Waals surface area contributed by atoms with Crippen LogP contribution in [0.1, 0.15) is 0 Å². The average molecular weight is 662 g/mol.